The molecule has 1 aliphatic rings. The Hall–Kier alpha value is -2.47. The minimum Gasteiger partial charge on any atom is -0.465 e. The average Bonchev–Trinajstić information content (AvgIpc) is 2.65. The van der Waals surface area contributed by atoms with Crippen LogP contribution in [0.5, 0.6) is 0 Å². The standard InChI is InChI=1S/C20H22F2N2O2/c1-2-18-13-23(20(25)26)11-12-24(18)19(14-3-7-16(21)8-4-14)15-5-9-17(22)10-6-15/h3-10,18-19H,2,11-13H2,1H3,(H,25,26)/t18-/m0/s1. The topological polar surface area (TPSA) is 43.8 Å². The molecular formula is C20H22F2N2O2. The largest absolute Gasteiger partial charge is 0.465 e. The van der Waals surface area contributed by atoms with E-state index in [0.29, 0.717) is 19.6 Å². The second kappa shape index (κ2) is 7.83. The first-order valence-electron chi connectivity index (χ1n) is 8.74. The average molecular weight is 360 g/mol. The van der Waals surface area contributed by atoms with Gasteiger partial charge < -0.3 is 10.0 Å². The maximum atomic E-state index is 13.4. The molecule has 1 aliphatic heterocycles. The zero-order chi connectivity index (χ0) is 18.7. The zero-order valence-corrected chi connectivity index (χ0v) is 14.6. The highest BCUT2D eigenvalue weighted by Crippen LogP contribution is 2.33. The number of carbonyl (C=O) groups is 1. The molecule has 138 valence electrons. The van der Waals surface area contributed by atoms with E-state index in [1.165, 1.54) is 29.2 Å². The van der Waals surface area contributed by atoms with Crippen LogP contribution in [0.25, 0.3) is 0 Å². The Morgan fingerprint density at radius 1 is 1.04 bits per heavy atom. The van der Waals surface area contributed by atoms with Crippen molar-refractivity contribution in [2.45, 2.75) is 25.4 Å². The summed E-state index contributed by atoms with van der Waals surface area (Å²) in [6.07, 6.45) is -0.133. The molecule has 2 aromatic carbocycles. The van der Waals surface area contributed by atoms with E-state index in [9.17, 15) is 18.7 Å². The number of benzene rings is 2. The number of piperazine rings is 1. The molecule has 1 atom stereocenters. The van der Waals surface area contributed by atoms with Crippen molar-refractivity contribution in [3.05, 3.63) is 71.3 Å². The maximum absolute atomic E-state index is 13.4. The van der Waals surface area contributed by atoms with Gasteiger partial charge in [0.1, 0.15) is 11.6 Å². The van der Waals surface area contributed by atoms with Gasteiger partial charge in [0, 0.05) is 25.7 Å². The highest BCUT2D eigenvalue weighted by molar-refractivity contribution is 5.65. The van der Waals surface area contributed by atoms with E-state index in [2.05, 4.69) is 4.90 Å². The van der Waals surface area contributed by atoms with Crippen molar-refractivity contribution in [3.8, 4) is 0 Å². The van der Waals surface area contributed by atoms with Crippen LogP contribution in [0.15, 0.2) is 48.5 Å². The molecular weight excluding hydrogens is 338 g/mol. The van der Waals surface area contributed by atoms with E-state index in [1.807, 2.05) is 6.92 Å². The van der Waals surface area contributed by atoms with Crippen molar-refractivity contribution < 1.29 is 18.7 Å². The molecule has 4 nitrogen and oxygen atoms in total. The van der Waals surface area contributed by atoms with Gasteiger partial charge in [-0.15, -0.1) is 0 Å². The molecule has 1 heterocycles. The molecule has 1 N–H and O–H groups in total. The minimum absolute atomic E-state index is 0.0277. The zero-order valence-electron chi connectivity index (χ0n) is 14.6. The number of hydrogen-bond acceptors (Lipinski definition) is 2. The minimum atomic E-state index is -0.914. The van der Waals surface area contributed by atoms with Gasteiger partial charge in [0.25, 0.3) is 0 Å². The lowest BCUT2D eigenvalue weighted by molar-refractivity contribution is 0.0494. The summed E-state index contributed by atoms with van der Waals surface area (Å²) in [5, 5.41) is 9.30. The monoisotopic (exact) mass is 360 g/mol. The Morgan fingerprint density at radius 3 is 1.96 bits per heavy atom. The van der Waals surface area contributed by atoms with E-state index in [-0.39, 0.29) is 23.7 Å². The van der Waals surface area contributed by atoms with Gasteiger partial charge in [0.05, 0.1) is 6.04 Å². The number of amides is 1. The molecule has 0 bridgehead atoms. The summed E-state index contributed by atoms with van der Waals surface area (Å²) in [6, 6.07) is 12.5. The highest BCUT2D eigenvalue weighted by Gasteiger charge is 2.34. The highest BCUT2D eigenvalue weighted by atomic mass is 19.1. The Bertz CT molecular complexity index is 704. The predicted molar refractivity (Wildman–Crippen MR) is 95.0 cm³/mol. The van der Waals surface area contributed by atoms with Gasteiger partial charge in [-0.3, -0.25) is 4.90 Å². The van der Waals surface area contributed by atoms with Gasteiger partial charge in [-0.25, -0.2) is 13.6 Å². The predicted octanol–water partition coefficient (Wildman–Crippen LogP) is 4.13. The molecule has 1 saturated heterocycles. The number of rotatable bonds is 4. The van der Waals surface area contributed by atoms with Crippen LogP contribution in [0.4, 0.5) is 13.6 Å². The smallest absolute Gasteiger partial charge is 0.407 e. The molecule has 0 saturated carbocycles. The molecule has 6 heteroatoms. The normalized spacial score (nSPS) is 18.3. The lowest BCUT2D eigenvalue weighted by atomic mass is 9.93. The van der Waals surface area contributed by atoms with Gasteiger partial charge in [-0.2, -0.15) is 0 Å². The summed E-state index contributed by atoms with van der Waals surface area (Å²) < 4.78 is 26.8. The van der Waals surface area contributed by atoms with Crippen molar-refractivity contribution in [1.82, 2.24) is 9.80 Å². The number of nitrogens with zero attached hydrogens (tertiary/aromatic N) is 2. The molecule has 0 spiro atoms. The van der Waals surface area contributed by atoms with E-state index < -0.39 is 6.09 Å². The van der Waals surface area contributed by atoms with Crippen molar-refractivity contribution in [2.75, 3.05) is 19.6 Å². The Morgan fingerprint density at radius 2 is 1.54 bits per heavy atom. The SMILES string of the molecule is CC[C@H]1CN(C(=O)O)CCN1C(c1ccc(F)cc1)c1ccc(F)cc1. The lowest BCUT2D eigenvalue weighted by Crippen LogP contribution is -2.55. The number of carboxylic acid groups (broad SMARTS) is 1. The molecule has 1 fully saturated rings. The summed E-state index contributed by atoms with van der Waals surface area (Å²) in [5.41, 5.74) is 1.81. The van der Waals surface area contributed by atoms with E-state index in [1.54, 1.807) is 24.3 Å². The fraction of sp³-hybridized carbons (Fsp3) is 0.350. The van der Waals surface area contributed by atoms with E-state index >= 15 is 0 Å². The van der Waals surface area contributed by atoms with Crippen molar-refractivity contribution in [3.63, 3.8) is 0 Å². The first-order chi connectivity index (χ1) is 12.5. The van der Waals surface area contributed by atoms with Crippen LogP contribution in [-0.2, 0) is 0 Å². The van der Waals surface area contributed by atoms with Crippen LogP contribution in [0, 0.1) is 11.6 Å². The Balaban J connectivity index is 1.98. The van der Waals surface area contributed by atoms with Crippen LogP contribution < -0.4 is 0 Å². The summed E-state index contributed by atoms with van der Waals surface area (Å²) in [6.45, 7) is 3.41. The van der Waals surface area contributed by atoms with E-state index in [0.717, 1.165) is 17.5 Å². The van der Waals surface area contributed by atoms with Crippen LogP contribution in [0.3, 0.4) is 0 Å². The van der Waals surface area contributed by atoms with E-state index in [4.69, 9.17) is 0 Å². The number of hydrogen-bond donors (Lipinski definition) is 1. The summed E-state index contributed by atoms with van der Waals surface area (Å²) >= 11 is 0. The molecule has 0 aliphatic carbocycles. The second-order valence-electron chi connectivity index (χ2n) is 6.53. The van der Waals surface area contributed by atoms with Crippen LogP contribution in [0.1, 0.15) is 30.5 Å². The third-order valence-corrected chi connectivity index (χ3v) is 4.97. The second-order valence-corrected chi connectivity index (χ2v) is 6.53. The Kier molecular flexibility index (Phi) is 5.52. The third kappa shape index (κ3) is 3.85. The lowest BCUT2D eigenvalue weighted by Gasteiger charge is -2.44. The van der Waals surface area contributed by atoms with Crippen LogP contribution >= 0.6 is 0 Å². The first kappa shape index (κ1) is 18.3. The third-order valence-electron chi connectivity index (χ3n) is 4.97. The molecule has 26 heavy (non-hydrogen) atoms. The molecule has 0 aromatic heterocycles. The molecule has 0 unspecified atom stereocenters. The van der Waals surface area contributed by atoms with Gasteiger partial charge in [-0.05, 0) is 41.8 Å². The molecule has 0 radical (unpaired) electrons. The fourth-order valence-corrected chi connectivity index (χ4v) is 3.61. The quantitative estimate of drug-likeness (QED) is 0.892. The van der Waals surface area contributed by atoms with Crippen LogP contribution in [0.2, 0.25) is 0 Å². The number of halogens is 2. The van der Waals surface area contributed by atoms with Crippen molar-refractivity contribution in [2.24, 2.45) is 0 Å². The molecule has 3 rings (SSSR count). The Labute approximate surface area is 151 Å². The summed E-state index contributed by atoms with van der Waals surface area (Å²) in [5.74, 6) is -0.622. The van der Waals surface area contributed by atoms with Crippen molar-refractivity contribution in [1.29, 1.82) is 0 Å². The van der Waals surface area contributed by atoms with Crippen molar-refractivity contribution >= 4 is 6.09 Å². The van der Waals surface area contributed by atoms with Gasteiger partial charge in [0.2, 0.25) is 0 Å². The summed E-state index contributed by atoms with van der Waals surface area (Å²) in [7, 11) is 0. The molecule has 2 aromatic rings. The van der Waals surface area contributed by atoms with Crippen LogP contribution in [-0.4, -0.2) is 46.7 Å². The van der Waals surface area contributed by atoms with Gasteiger partial charge in [-0.1, -0.05) is 31.2 Å². The fourth-order valence-electron chi connectivity index (χ4n) is 3.61. The first-order valence-corrected chi connectivity index (χ1v) is 8.74. The molecule has 1 amide bonds. The van der Waals surface area contributed by atoms with Gasteiger partial charge >= 0.3 is 6.09 Å². The maximum Gasteiger partial charge on any atom is 0.407 e. The summed E-state index contributed by atoms with van der Waals surface area (Å²) in [4.78, 5) is 15.0. The van der Waals surface area contributed by atoms with Gasteiger partial charge in [0.15, 0.2) is 0 Å².